The van der Waals surface area contributed by atoms with E-state index in [1.165, 1.54) is 7.11 Å². The van der Waals surface area contributed by atoms with E-state index in [0.29, 0.717) is 17.9 Å². The molecule has 90 valence electrons. The topological polar surface area (TPSA) is 38.3 Å². The van der Waals surface area contributed by atoms with Crippen LogP contribution in [0, 0.1) is 11.8 Å². The predicted molar refractivity (Wildman–Crippen MR) is 62.7 cm³/mol. The largest absolute Gasteiger partial charge is 0.468 e. The molecule has 0 aromatic heterocycles. The van der Waals surface area contributed by atoms with Crippen molar-refractivity contribution in [1.82, 2.24) is 5.32 Å². The highest BCUT2D eigenvalue weighted by molar-refractivity contribution is 5.76. The van der Waals surface area contributed by atoms with E-state index >= 15 is 0 Å². The Kier molecular flexibility index (Phi) is 6.57. The number of nitrogens with one attached hydrogen (secondary N) is 1. The van der Waals surface area contributed by atoms with E-state index in [2.05, 4.69) is 39.9 Å². The van der Waals surface area contributed by atoms with Gasteiger partial charge in [-0.05, 0) is 18.8 Å². The maximum Gasteiger partial charge on any atom is 0.323 e. The van der Waals surface area contributed by atoms with Gasteiger partial charge in [0.15, 0.2) is 0 Å². The average Bonchev–Trinajstić information content (AvgIpc) is 2.23. The first-order valence-electron chi connectivity index (χ1n) is 5.77. The number of carbonyl (C=O) groups excluding carboxylic acids is 1. The number of methoxy groups -OCH3 is 1. The van der Waals surface area contributed by atoms with Gasteiger partial charge in [0.05, 0.1) is 7.11 Å². The summed E-state index contributed by atoms with van der Waals surface area (Å²) < 4.78 is 4.81. The molecule has 0 bridgehead atoms. The van der Waals surface area contributed by atoms with Crippen LogP contribution < -0.4 is 5.32 Å². The van der Waals surface area contributed by atoms with Gasteiger partial charge in [-0.3, -0.25) is 4.79 Å². The van der Waals surface area contributed by atoms with Gasteiger partial charge in [0, 0.05) is 6.04 Å². The fourth-order valence-corrected chi connectivity index (χ4v) is 1.30. The lowest BCUT2D eigenvalue weighted by atomic mass is 9.96. The fourth-order valence-electron chi connectivity index (χ4n) is 1.30. The Bertz CT molecular complexity index is 192. The summed E-state index contributed by atoms with van der Waals surface area (Å²) in [5, 5.41) is 3.34. The van der Waals surface area contributed by atoms with E-state index in [1.807, 2.05) is 0 Å². The van der Waals surface area contributed by atoms with Crippen LogP contribution in [0.4, 0.5) is 0 Å². The zero-order valence-corrected chi connectivity index (χ0v) is 10.8. The smallest absolute Gasteiger partial charge is 0.323 e. The number of esters is 1. The Balaban J connectivity index is 4.44. The van der Waals surface area contributed by atoms with Crippen LogP contribution >= 0.6 is 0 Å². The summed E-state index contributed by atoms with van der Waals surface area (Å²) in [7, 11) is 1.44. The van der Waals surface area contributed by atoms with Crippen molar-refractivity contribution in [3.63, 3.8) is 0 Å². The van der Waals surface area contributed by atoms with E-state index in [4.69, 9.17) is 4.74 Å². The molecule has 0 aromatic rings. The first-order valence-corrected chi connectivity index (χ1v) is 5.77. The van der Waals surface area contributed by atoms with Gasteiger partial charge >= 0.3 is 5.97 Å². The molecule has 3 atom stereocenters. The summed E-state index contributed by atoms with van der Waals surface area (Å²) >= 11 is 0. The molecule has 0 aliphatic carbocycles. The third-order valence-corrected chi connectivity index (χ3v) is 3.11. The normalized spacial score (nSPS) is 17.3. The summed E-state index contributed by atoms with van der Waals surface area (Å²) in [4.78, 5) is 11.6. The van der Waals surface area contributed by atoms with Crippen molar-refractivity contribution in [2.24, 2.45) is 11.8 Å². The maximum absolute atomic E-state index is 11.6. The zero-order chi connectivity index (χ0) is 12.0. The van der Waals surface area contributed by atoms with E-state index in [1.54, 1.807) is 0 Å². The summed E-state index contributed by atoms with van der Waals surface area (Å²) in [5.74, 6) is 0.664. The third-order valence-electron chi connectivity index (χ3n) is 3.11. The van der Waals surface area contributed by atoms with Crippen molar-refractivity contribution in [2.45, 2.75) is 53.1 Å². The molecule has 15 heavy (non-hydrogen) atoms. The molecule has 0 radical (unpaired) electrons. The van der Waals surface area contributed by atoms with Gasteiger partial charge < -0.3 is 10.1 Å². The molecule has 1 N–H and O–H groups in total. The lowest BCUT2D eigenvalue weighted by molar-refractivity contribution is -0.144. The second-order valence-corrected chi connectivity index (χ2v) is 4.59. The molecule has 0 spiro atoms. The minimum Gasteiger partial charge on any atom is -0.468 e. The first-order chi connectivity index (χ1) is 6.93. The van der Waals surface area contributed by atoms with Gasteiger partial charge in [0.1, 0.15) is 6.04 Å². The lowest BCUT2D eigenvalue weighted by Crippen LogP contribution is -2.48. The van der Waals surface area contributed by atoms with Crippen LogP contribution in [0.3, 0.4) is 0 Å². The monoisotopic (exact) mass is 215 g/mol. The average molecular weight is 215 g/mol. The van der Waals surface area contributed by atoms with Crippen LogP contribution in [0.5, 0.6) is 0 Å². The maximum atomic E-state index is 11.6. The number of rotatable bonds is 6. The highest BCUT2D eigenvalue weighted by atomic mass is 16.5. The van der Waals surface area contributed by atoms with E-state index < -0.39 is 0 Å². The minimum absolute atomic E-state index is 0.156. The molecule has 0 aliphatic heterocycles. The standard InChI is InChI=1S/C12H25NO2/c1-7-9(4)11(12(14)15-6)13-10(5)8(2)3/h8-11,13H,7H2,1-6H3. The highest BCUT2D eigenvalue weighted by Crippen LogP contribution is 2.12. The molecule has 0 rings (SSSR count). The molecule has 0 saturated carbocycles. The van der Waals surface area contributed by atoms with Crippen LogP contribution in [0.2, 0.25) is 0 Å². The van der Waals surface area contributed by atoms with Crippen molar-refractivity contribution >= 4 is 5.97 Å². The van der Waals surface area contributed by atoms with Crippen LogP contribution in [0.25, 0.3) is 0 Å². The molecule has 0 amide bonds. The van der Waals surface area contributed by atoms with Gasteiger partial charge in [-0.15, -0.1) is 0 Å². The summed E-state index contributed by atoms with van der Waals surface area (Å²) in [5.41, 5.74) is 0. The molecule has 0 heterocycles. The van der Waals surface area contributed by atoms with Crippen molar-refractivity contribution < 1.29 is 9.53 Å². The zero-order valence-electron chi connectivity index (χ0n) is 10.8. The van der Waals surface area contributed by atoms with Crippen molar-refractivity contribution in [3.05, 3.63) is 0 Å². The Hall–Kier alpha value is -0.570. The van der Waals surface area contributed by atoms with Crippen LogP contribution in [-0.4, -0.2) is 25.2 Å². The third kappa shape index (κ3) is 4.65. The summed E-state index contributed by atoms with van der Waals surface area (Å²) in [6, 6.07) is 0.139. The van der Waals surface area contributed by atoms with Crippen LogP contribution in [0.15, 0.2) is 0 Å². The Labute approximate surface area is 93.6 Å². The number of hydrogen-bond donors (Lipinski definition) is 1. The summed E-state index contributed by atoms with van der Waals surface area (Å²) in [6.07, 6.45) is 0.970. The van der Waals surface area contributed by atoms with Crippen LogP contribution in [0.1, 0.15) is 41.0 Å². The quantitative estimate of drug-likeness (QED) is 0.690. The fraction of sp³-hybridized carbons (Fsp3) is 0.917. The van der Waals surface area contributed by atoms with E-state index in [-0.39, 0.29) is 12.0 Å². The molecule has 3 nitrogen and oxygen atoms in total. The first kappa shape index (κ1) is 14.4. The van der Waals surface area contributed by atoms with Gasteiger partial charge in [-0.2, -0.15) is 0 Å². The molecular formula is C12H25NO2. The number of carbonyl (C=O) groups is 1. The lowest BCUT2D eigenvalue weighted by Gasteiger charge is -2.27. The van der Waals surface area contributed by atoms with Crippen LogP contribution in [-0.2, 0) is 9.53 Å². The minimum atomic E-state index is -0.183. The molecule has 0 fully saturated rings. The molecule has 0 aliphatic rings. The van der Waals surface area contributed by atoms with Crippen molar-refractivity contribution in [3.8, 4) is 0 Å². The highest BCUT2D eigenvalue weighted by Gasteiger charge is 2.26. The van der Waals surface area contributed by atoms with Gasteiger partial charge in [-0.1, -0.05) is 34.1 Å². The van der Waals surface area contributed by atoms with Gasteiger partial charge in [-0.25, -0.2) is 0 Å². The van der Waals surface area contributed by atoms with Crippen molar-refractivity contribution in [2.75, 3.05) is 7.11 Å². The van der Waals surface area contributed by atoms with Gasteiger partial charge in [0.2, 0.25) is 0 Å². The predicted octanol–water partition coefficient (Wildman–Crippen LogP) is 2.21. The van der Waals surface area contributed by atoms with Crippen molar-refractivity contribution in [1.29, 1.82) is 0 Å². The number of hydrogen-bond acceptors (Lipinski definition) is 3. The van der Waals surface area contributed by atoms with E-state index in [0.717, 1.165) is 6.42 Å². The second kappa shape index (κ2) is 6.83. The SMILES string of the molecule is CCC(C)C(NC(C)C(C)C)C(=O)OC. The van der Waals surface area contributed by atoms with E-state index in [9.17, 15) is 4.79 Å². The Morgan fingerprint density at radius 1 is 1.27 bits per heavy atom. The molecular weight excluding hydrogens is 190 g/mol. The Morgan fingerprint density at radius 2 is 1.80 bits per heavy atom. The number of ether oxygens (including phenoxy) is 1. The molecule has 0 aromatic carbocycles. The molecule has 3 heteroatoms. The Morgan fingerprint density at radius 3 is 2.13 bits per heavy atom. The molecule has 3 unspecified atom stereocenters. The summed E-state index contributed by atoms with van der Waals surface area (Å²) in [6.45, 7) is 10.5. The second-order valence-electron chi connectivity index (χ2n) is 4.59. The molecule has 0 saturated heterocycles. The van der Waals surface area contributed by atoms with Gasteiger partial charge in [0.25, 0.3) is 0 Å².